The fourth-order valence-corrected chi connectivity index (χ4v) is 2.31. The number of aryl methyl sites for hydroxylation is 2. The number of aromatic nitrogens is 3. The van der Waals surface area contributed by atoms with Crippen LogP contribution >= 0.6 is 15.9 Å². The highest BCUT2D eigenvalue weighted by Crippen LogP contribution is 2.30. The van der Waals surface area contributed by atoms with Crippen molar-refractivity contribution in [1.82, 2.24) is 15.1 Å². The molecule has 0 saturated heterocycles. The number of rotatable bonds is 2. The van der Waals surface area contributed by atoms with Gasteiger partial charge >= 0.3 is 0 Å². The van der Waals surface area contributed by atoms with Crippen molar-refractivity contribution in [3.8, 4) is 28.6 Å². The highest BCUT2D eigenvalue weighted by Gasteiger charge is 2.12. The number of aromatic hydroxyl groups is 1. The van der Waals surface area contributed by atoms with Gasteiger partial charge in [-0.25, -0.2) is 0 Å². The number of hydrogen-bond acceptors (Lipinski definition) is 5. The molecule has 0 aliphatic carbocycles. The van der Waals surface area contributed by atoms with Gasteiger partial charge in [0.25, 0.3) is 5.89 Å². The molecule has 0 saturated carbocycles. The molecule has 0 amide bonds. The van der Waals surface area contributed by atoms with E-state index in [9.17, 15) is 5.11 Å². The fourth-order valence-electron chi connectivity index (χ4n) is 2.07. The number of benzene rings is 1. The van der Waals surface area contributed by atoms with Crippen LogP contribution in [0.4, 0.5) is 0 Å². The lowest BCUT2D eigenvalue weighted by molar-refractivity contribution is 0.431. The van der Waals surface area contributed by atoms with Gasteiger partial charge in [-0.1, -0.05) is 5.16 Å². The summed E-state index contributed by atoms with van der Waals surface area (Å²) in [5, 5.41) is 13.7. The van der Waals surface area contributed by atoms with Crippen LogP contribution in [0.3, 0.4) is 0 Å². The lowest BCUT2D eigenvalue weighted by Gasteiger charge is -1.99. The predicted octanol–water partition coefficient (Wildman–Crippen LogP) is 3.88. The summed E-state index contributed by atoms with van der Waals surface area (Å²) in [5.74, 6) is 0.990. The molecule has 5 nitrogen and oxygen atoms in total. The molecule has 3 aromatic rings. The van der Waals surface area contributed by atoms with E-state index in [1.807, 2.05) is 26.0 Å². The lowest BCUT2D eigenvalue weighted by Crippen LogP contribution is -1.89. The third-order valence-electron chi connectivity index (χ3n) is 2.96. The van der Waals surface area contributed by atoms with Gasteiger partial charge in [0.2, 0.25) is 5.82 Å². The van der Waals surface area contributed by atoms with Crippen LogP contribution in [0.1, 0.15) is 11.4 Å². The summed E-state index contributed by atoms with van der Waals surface area (Å²) in [6.07, 6.45) is 0. The van der Waals surface area contributed by atoms with E-state index >= 15 is 0 Å². The summed E-state index contributed by atoms with van der Waals surface area (Å²) >= 11 is 3.24. The Morgan fingerprint density at radius 2 is 1.71 bits per heavy atom. The van der Waals surface area contributed by atoms with Crippen LogP contribution in [0.5, 0.6) is 5.75 Å². The summed E-state index contributed by atoms with van der Waals surface area (Å²) < 4.78 is 5.89. The molecule has 0 radical (unpaired) electrons. The third-order valence-corrected chi connectivity index (χ3v) is 3.63. The van der Waals surface area contributed by atoms with Gasteiger partial charge in [0.15, 0.2) is 0 Å². The number of hydrogen-bond donors (Lipinski definition) is 1. The number of phenols is 1. The standard InChI is InChI=1S/C15H12BrN3O2/c1-8-5-11(6-9(2)17-8)14-18-15(21-19-14)10-3-4-12(16)13(20)7-10/h3-7,20H,1-2H3. The molecule has 1 aromatic carbocycles. The van der Waals surface area contributed by atoms with Crippen molar-refractivity contribution in [3.63, 3.8) is 0 Å². The van der Waals surface area contributed by atoms with E-state index in [4.69, 9.17) is 4.52 Å². The van der Waals surface area contributed by atoms with Gasteiger partial charge in [-0.3, -0.25) is 4.98 Å². The van der Waals surface area contributed by atoms with Crippen molar-refractivity contribution in [2.75, 3.05) is 0 Å². The average Bonchev–Trinajstić information content (AvgIpc) is 2.90. The second-order valence-electron chi connectivity index (χ2n) is 4.73. The summed E-state index contributed by atoms with van der Waals surface area (Å²) in [4.78, 5) is 8.69. The molecule has 0 aliphatic heterocycles. The number of phenolic OH excluding ortho intramolecular Hbond substituents is 1. The maximum atomic E-state index is 9.71. The fraction of sp³-hybridized carbons (Fsp3) is 0.133. The molecule has 0 unspecified atom stereocenters. The van der Waals surface area contributed by atoms with Crippen LogP contribution in [0.25, 0.3) is 22.8 Å². The van der Waals surface area contributed by atoms with Gasteiger partial charge in [-0.2, -0.15) is 4.98 Å². The quantitative estimate of drug-likeness (QED) is 0.762. The summed E-state index contributed by atoms with van der Waals surface area (Å²) in [6, 6.07) is 8.91. The largest absolute Gasteiger partial charge is 0.507 e. The van der Waals surface area contributed by atoms with Gasteiger partial charge in [0.1, 0.15) is 5.75 Å². The van der Waals surface area contributed by atoms with E-state index in [1.165, 1.54) is 0 Å². The van der Waals surface area contributed by atoms with E-state index in [0.29, 0.717) is 21.8 Å². The van der Waals surface area contributed by atoms with E-state index in [-0.39, 0.29) is 5.75 Å². The van der Waals surface area contributed by atoms with Crippen LogP contribution in [0, 0.1) is 13.8 Å². The van der Waals surface area contributed by atoms with E-state index in [0.717, 1.165) is 17.0 Å². The van der Waals surface area contributed by atoms with Gasteiger partial charge < -0.3 is 9.63 Å². The molecule has 6 heteroatoms. The van der Waals surface area contributed by atoms with Crippen molar-refractivity contribution in [2.45, 2.75) is 13.8 Å². The Morgan fingerprint density at radius 3 is 2.38 bits per heavy atom. The molecule has 0 atom stereocenters. The first-order valence-corrected chi connectivity index (χ1v) is 7.10. The Hall–Kier alpha value is -2.21. The van der Waals surface area contributed by atoms with Crippen LogP contribution < -0.4 is 0 Å². The minimum absolute atomic E-state index is 0.128. The zero-order valence-corrected chi connectivity index (χ0v) is 13.0. The Kier molecular flexibility index (Phi) is 3.47. The van der Waals surface area contributed by atoms with Crippen molar-refractivity contribution in [2.24, 2.45) is 0 Å². The van der Waals surface area contributed by atoms with Crippen molar-refractivity contribution in [1.29, 1.82) is 0 Å². The Bertz CT molecular complexity index is 794. The molecule has 1 N–H and O–H groups in total. The van der Waals surface area contributed by atoms with Gasteiger partial charge in [-0.05, 0) is 60.1 Å². The minimum atomic E-state index is 0.128. The van der Waals surface area contributed by atoms with Crippen LogP contribution in [0.2, 0.25) is 0 Å². The second kappa shape index (κ2) is 5.29. The first-order chi connectivity index (χ1) is 10.0. The van der Waals surface area contributed by atoms with E-state index < -0.39 is 0 Å². The number of halogens is 1. The number of pyridine rings is 1. The summed E-state index contributed by atoms with van der Waals surface area (Å²) in [7, 11) is 0. The maximum Gasteiger partial charge on any atom is 0.258 e. The SMILES string of the molecule is Cc1cc(-c2noc(-c3ccc(Br)c(O)c3)n2)cc(C)n1. The Morgan fingerprint density at radius 1 is 1.00 bits per heavy atom. The molecule has 3 rings (SSSR count). The average molecular weight is 346 g/mol. The Labute approximate surface area is 129 Å². The molecule has 2 heterocycles. The zero-order valence-electron chi connectivity index (χ0n) is 11.5. The molecule has 0 spiro atoms. The second-order valence-corrected chi connectivity index (χ2v) is 5.58. The zero-order chi connectivity index (χ0) is 15.0. The first-order valence-electron chi connectivity index (χ1n) is 6.31. The van der Waals surface area contributed by atoms with Gasteiger partial charge in [0, 0.05) is 22.5 Å². The molecule has 21 heavy (non-hydrogen) atoms. The van der Waals surface area contributed by atoms with Crippen molar-refractivity contribution >= 4 is 15.9 Å². The monoisotopic (exact) mass is 345 g/mol. The lowest BCUT2D eigenvalue weighted by atomic mass is 10.2. The van der Waals surface area contributed by atoms with E-state index in [2.05, 4.69) is 31.1 Å². The molecule has 0 fully saturated rings. The number of nitrogens with zero attached hydrogens (tertiary/aromatic N) is 3. The predicted molar refractivity (Wildman–Crippen MR) is 81.8 cm³/mol. The minimum Gasteiger partial charge on any atom is -0.507 e. The molecule has 106 valence electrons. The smallest absolute Gasteiger partial charge is 0.258 e. The molecule has 0 aliphatic rings. The van der Waals surface area contributed by atoms with Crippen LogP contribution in [-0.4, -0.2) is 20.2 Å². The normalized spacial score (nSPS) is 10.8. The van der Waals surface area contributed by atoms with Gasteiger partial charge in [0.05, 0.1) is 4.47 Å². The van der Waals surface area contributed by atoms with Gasteiger partial charge in [-0.15, -0.1) is 0 Å². The molecule has 0 bridgehead atoms. The highest BCUT2D eigenvalue weighted by molar-refractivity contribution is 9.10. The third kappa shape index (κ3) is 2.80. The molecular formula is C15H12BrN3O2. The van der Waals surface area contributed by atoms with Crippen molar-refractivity contribution < 1.29 is 9.63 Å². The summed E-state index contributed by atoms with van der Waals surface area (Å²) in [5.41, 5.74) is 3.32. The van der Waals surface area contributed by atoms with Crippen LogP contribution in [-0.2, 0) is 0 Å². The molecule has 2 aromatic heterocycles. The Balaban J connectivity index is 2.01. The first kappa shape index (κ1) is 13.8. The van der Waals surface area contributed by atoms with E-state index in [1.54, 1.807) is 18.2 Å². The highest BCUT2D eigenvalue weighted by atomic mass is 79.9. The summed E-state index contributed by atoms with van der Waals surface area (Å²) in [6.45, 7) is 3.84. The van der Waals surface area contributed by atoms with Crippen LogP contribution in [0.15, 0.2) is 39.3 Å². The maximum absolute atomic E-state index is 9.71. The van der Waals surface area contributed by atoms with Crippen molar-refractivity contribution in [3.05, 3.63) is 46.2 Å². The topological polar surface area (TPSA) is 72.0 Å². The molecular weight excluding hydrogens is 334 g/mol.